The van der Waals surface area contributed by atoms with Gasteiger partial charge in [0.1, 0.15) is 10.0 Å². The molecular weight excluding hydrogens is 573 g/mol. The van der Waals surface area contributed by atoms with Gasteiger partial charge in [-0.2, -0.15) is 0 Å². The van der Waals surface area contributed by atoms with Crippen LogP contribution >= 0.6 is 22.7 Å². The number of hydrogen-bond acceptors (Lipinski definition) is 8. The number of fused-ring (bicyclic) bond motifs is 2. The molecule has 228 valence electrons. The third-order valence-corrected chi connectivity index (χ3v) is 10.2. The summed E-state index contributed by atoms with van der Waals surface area (Å²) < 4.78 is 13.0. The van der Waals surface area contributed by atoms with E-state index >= 15 is 0 Å². The minimum absolute atomic E-state index is 0.171. The summed E-state index contributed by atoms with van der Waals surface area (Å²) in [6.45, 7) is 8.32. The quantitative estimate of drug-likeness (QED) is 0.204. The molecule has 1 aliphatic heterocycles. The van der Waals surface area contributed by atoms with Gasteiger partial charge in [0, 0.05) is 60.4 Å². The third-order valence-electron chi connectivity index (χ3n) is 7.73. The molecule has 12 heteroatoms. The number of carbonyl (C=O) groups is 2. The number of carbonyl (C=O) groups excluding carboxylic acids is 2. The van der Waals surface area contributed by atoms with Crippen LogP contribution in [0.4, 0.5) is 9.80 Å². The predicted octanol–water partition coefficient (Wildman–Crippen LogP) is 3.90. The maximum atomic E-state index is 13.3. The summed E-state index contributed by atoms with van der Waals surface area (Å²) in [5.74, 6) is -0.171. The van der Waals surface area contributed by atoms with Crippen molar-refractivity contribution in [2.75, 3.05) is 57.9 Å². The van der Waals surface area contributed by atoms with Crippen LogP contribution in [-0.2, 0) is 41.8 Å². The molecule has 0 atom stereocenters. The number of rotatable bonds is 14. The summed E-state index contributed by atoms with van der Waals surface area (Å²) in [6.07, 6.45) is 9.02. The van der Waals surface area contributed by atoms with Gasteiger partial charge in [-0.25, -0.2) is 4.79 Å². The topological polar surface area (TPSA) is 123 Å². The summed E-state index contributed by atoms with van der Waals surface area (Å²) >= 11 is 3.34. The van der Waals surface area contributed by atoms with Crippen LogP contribution in [0.5, 0.6) is 0 Å². The zero-order valence-corrected chi connectivity index (χ0v) is 26.0. The molecule has 3 aromatic rings. The van der Waals surface area contributed by atoms with E-state index < -0.39 is 0 Å². The number of hydrogen-bond donors (Lipinski definition) is 4. The maximum absolute atomic E-state index is 13.3. The summed E-state index contributed by atoms with van der Waals surface area (Å²) in [4.78, 5) is 31.6. The highest BCUT2D eigenvalue weighted by atomic mass is 32.1. The van der Waals surface area contributed by atoms with Crippen LogP contribution in [0, 0.1) is 0 Å². The average molecular weight is 615 g/mol. The number of ether oxygens (including phenoxy) is 2. The average Bonchev–Trinajstić information content (AvgIpc) is 3.74. The van der Waals surface area contributed by atoms with E-state index in [0.717, 1.165) is 62.3 Å². The highest BCUT2D eigenvalue weighted by molar-refractivity contribution is 7.17. The molecule has 0 fully saturated rings. The monoisotopic (exact) mass is 614 g/mol. The molecule has 0 spiro atoms. The molecular formula is C30H42N6O4S2. The number of nitrogens with zero attached hydrogens (tertiary/aromatic N) is 2. The van der Waals surface area contributed by atoms with Gasteiger partial charge in [0.05, 0.1) is 32.0 Å². The fraction of sp³-hybridized carbons (Fsp3) is 0.533. The largest absolute Gasteiger partial charge is 0.378 e. The normalized spacial score (nSPS) is 14.8. The van der Waals surface area contributed by atoms with Gasteiger partial charge in [0.25, 0.3) is 5.91 Å². The van der Waals surface area contributed by atoms with Crippen molar-refractivity contribution >= 4 is 39.6 Å². The molecule has 3 aromatic heterocycles. The molecule has 0 saturated carbocycles. The van der Waals surface area contributed by atoms with Crippen LogP contribution < -0.4 is 21.7 Å². The van der Waals surface area contributed by atoms with Crippen LogP contribution in [0.15, 0.2) is 24.5 Å². The van der Waals surface area contributed by atoms with Crippen molar-refractivity contribution in [2.24, 2.45) is 5.73 Å². The molecule has 42 heavy (non-hydrogen) atoms. The summed E-state index contributed by atoms with van der Waals surface area (Å²) in [5.41, 5.74) is 9.60. The Morgan fingerprint density at radius 3 is 2.52 bits per heavy atom. The van der Waals surface area contributed by atoms with E-state index in [-0.39, 0.29) is 11.9 Å². The zero-order chi connectivity index (χ0) is 29.3. The lowest BCUT2D eigenvalue weighted by atomic mass is 9.95. The first-order valence-electron chi connectivity index (χ1n) is 14.9. The molecule has 4 heterocycles. The lowest BCUT2D eigenvalue weighted by molar-refractivity contribution is 0.0511. The number of urea groups is 1. The van der Waals surface area contributed by atoms with Gasteiger partial charge in [0.15, 0.2) is 0 Å². The highest BCUT2D eigenvalue weighted by Gasteiger charge is 2.27. The number of nitrogens with two attached hydrogens (primary N) is 1. The fourth-order valence-electron chi connectivity index (χ4n) is 5.58. The number of nitrogens with one attached hydrogen (secondary N) is 3. The molecule has 5 rings (SSSR count). The minimum atomic E-state index is -0.298. The van der Waals surface area contributed by atoms with Gasteiger partial charge >= 0.3 is 6.03 Å². The summed E-state index contributed by atoms with van der Waals surface area (Å²) in [6, 6.07) is 3.75. The number of aryl methyl sites for hydroxylation is 1. The Kier molecular flexibility index (Phi) is 11.1. The highest BCUT2D eigenvalue weighted by Crippen LogP contribution is 2.39. The van der Waals surface area contributed by atoms with Crippen LogP contribution in [0.2, 0.25) is 0 Å². The smallest absolute Gasteiger partial charge is 0.320 e. The van der Waals surface area contributed by atoms with Gasteiger partial charge in [0.2, 0.25) is 0 Å². The molecule has 5 N–H and O–H groups in total. The minimum Gasteiger partial charge on any atom is -0.378 e. The number of anilines is 1. The second-order valence-electron chi connectivity index (χ2n) is 10.5. The number of thiophene rings is 2. The van der Waals surface area contributed by atoms with Gasteiger partial charge in [-0.15, -0.1) is 22.7 Å². The molecule has 0 bridgehead atoms. The lowest BCUT2D eigenvalue weighted by Gasteiger charge is -2.25. The van der Waals surface area contributed by atoms with E-state index in [1.165, 1.54) is 32.2 Å². The second kappa shape index (κ2) is 15.1. The molecule has 0 unspecified atom stereocenters. The van der Waals surface area contributed by atoms with Crippen molar-refractivity contribution in [3.63, 3.8) is 0 Å². The van der Waals surface area contributed by atoms with Gasteiger partial charge in [-0.1, -0.05) is 6.92 Å². The Balaban J connectivity index is 1.23. The number of likely N-dealkylation sites (N-methyl/N-ethyl adjacent to an activating group) is 1. The molecule has 0 radical (unpaired) electrons. The van der Waals surface area contributed by atoms with E-state index in [2.05, 4.69) is 44.7 Å². The summed E-state index contributed by atoms with van der Waals surface area (Å²) in [5, 5.41) is 10.9. The second-order valence-corrected chi connectivity index (χ2v) is 12.7. The standard InChI is InChI=1S/C30H42N6O4S2/c1-2-35-14-9-21-23(29(42-25(21)20-35)36-12-5-6-13-36)19-33-30(38)34-28-26(22-7-3-4-8-24(22)41-28)27(37)32-11-16-40-18-17-39-15-10-31/h5-6,12-13H,2-4,7-11,14-20,31H2,1H3,(H,32,37)(H2,33,34,38). The molecule has 1 aliphatic carbocycles. The van der Waals surface area contributed by atoms with E-state index in [4.69, 9.17) is 15.2 Å². The van der Waals surface area contributed by atoms with Crippen LogP contribution in [-0.4, -0.2) is 74.0 Å². The Morgan fingerprint density at radius 2 is 1.74 bits per heavy atom. The van der Waals surface area contributed by atoms with Gasteiger partial charge < -0.3 is 30.4 Å². The van der Waals surface area contributed by atoms with Crippen molar-refractivity contribution in [3.05, 3.63) is 56.5 Å². The van der Waals surface area contributed by atoms with E-state index in [9.17, 15) is 9.59 Å². The molecule has 2 aliphatic rings. The van der Waals surface area contributed by atoms with Crippen molar-refractivity contribution in [1.29, 1.82) is 0 Å². The Bertz CT molecular complexity index is 1340. The number of aromatic nitrogens is 1. The van der Waals surface area contributed by atoms with Gasteiger partial charge in [-0.05, 0) is 61.9 Å². The first-order valence-corrected chi connectivity index (χ1v) is 16.5. The van der Waals surface area contributed by atoms with Crippen molar-refractivity contribution in [3.8, 4) is 5.00 Å². The van der Waals surface area contributed by atoms with E-state index in [0.29, 0.717) is 56.6 Å². The predicted molar refractivity (Wildman–Crippen MR) is 168 cm³/mol. The Labute approximate surface area is 255 Å². The SMILES string of the molecule is CCN1CCc2c(sc(-n3cccc3)c2CNC(=O)Nc2sc3c(c2C(=O)NCCOCCOCCN)CCCC3)C1. The third kappa shape index (κ3) is 7.42. The molecule has 0 saturated heterocycles. The van der Waals surface area contributed by atoms with Crippen molar-refractivity contribution < 1.29 is 19.1 Å². The van der Waals surface area contributed by atoms with Gasteiger partial charge in [-0.3, -0.25) is 15.0 Å². The van der Waals surface area contributed by atoms with Crippen molar-refractivity contribution in [2.45, 2.75) is 52.1 Å². The molecule has 10 nitrogen and oxygen atoms in total. The molecule has 3 amide bonds. The fourth-order valence-corrected chi connectivity index (χ4v) is 8.24. The summed E-state index contributed by atoms with van der Waals surface area (Å²) in [7, 11) is 0. The lowest BCUT2D eigenvalue weighted by Crippen LogP contribution is -2.32. The maximum Gasteiger partial charge on any atom is 0.320 e. The van der Waals surface area contributed by atoms with E-state index in [1.807, 2.05) is 23.5 Å². The van der Waals surface area contributed by atoms with Crippen LogP contribution in [0.3, 0.4) is 0 Å². The Morgan fingerprint density at radius 1 is 0.952 bits per heavy atom. The van der Waals surface area contributed by atoms with Crippen LogP contribution in [0.1, 0.15) is 56.6 Å². The Hall–Kier alpha value is -2.74. The van der Waals surface area contributed by atoms with E-state index in [1.54, 1.807) is 0 Å². The van der Waals surface area contributed by atoms with Crippen LogP contribution in [0.25, 0.3) is 5.00 Å². The van der Waals surface area contributed by atoms with Crippen molar-refractivity contribution in [1.82, 2.24) is 20.1 Å². The molecule has 0 aromatic carbocycles. The zero-order valence-electron chi connectivity index (χ0n) is 24.3. The first-order chi connectivity index (χ1) is 20.6. The first kappa shape index (κ1) is 30.7. The number of amides is 3.